The highest BCUT2D eigenvalue weighted by molar-refractivity contribution is 9.10. The first-order chi connectivity index (χ1) is 12.2. The minimum absolute atomic E-state index is 0.336. The number of aromatic amines is 1. The number of H-pyrrole nitrogens is 1. The number of halogens is 1. The van der Waals surface area contributed by atoms with Gasteiger partial charge in [0.05, 0.1) is 11.9 Å². The summed E-state index contributed by atoms with van der Waals surface area (Å²) >= 11 is 3.37. The number of hydrogen-bond donors (Lipinski definition) is 2. The van der Waals surface area contributed by atoms with E-state index in [1.54, 1.807) is 12.3 Å². The van der Waals surface area contributed by atoms with Crippen molar-refractivity contribution in [1.82, 2.24) is 15.6 Å². The number of carbonyl (C=O) groups is 1. The van der Waals surface area contributed by atoms with E-state index in [4.69, 9.17) is 0 Å². The van der Waals surface area contributed by atoms with Gasteiger partial charge in [-0.25, -0.2) is 5.43 Å². The molecule has 0 bridgehead atoms. The highest BCUT2D eigenvalue weighted by Crippen LogP contribution is 2.18. The van der Waals surface area contributed by atoms with Crippen LogP contribution in [0, 0.1) is 0 Å². The quantitative estimate of drug-likeness (QED) is 0.501. The molecule has 1 heterocycles. The number of benzene rings is 2. The summed E-state index contributed by atoms with van der Waals surface area (Å²) in [4.78, 5) is 12.1. The fraction of sp³-hybridized carbons (Fsp3) is 0.105. The van der Waals surface area contributed by atoms with Gasteiger partial charge >= 0.3 is 0 Å². The SMILES string of the molecule is CCc1ccc(-c2cc(C(=O)N/N=C/c3ccc(Br)cc3)[nH]n2)cc1. The second-order valence-electron chi connectivity index (χ2n) is 5.47. The van der Waals surface area contributed by atoms with Crippen molar-refractivity contribution in [3.63, 3.8) is 0 Å². The lowest BCUT2D eigenvalue weighted by atomic mass is 10.1. The van der Waals surface area contributed by atoms with Gasteiger partial charge in [-0.15, -0.1) is 0 Å². The van der Waals surface area contributed by atoms with Crippen molar-refractivity contribution in [3.05, 3.63) is 75.9 Å². The van der Waals surface area contributed by atoms with E-state index >= 15 is 0 Å². The largest absolute Gasteiger partial charge is 0.289 e. The summed E-state index contributed by atoms with van der Waals surface area (Å²) < 4.78 is 0.991. The number of hydrogen-bond acceptors (Lipinski definition) is 3. The van der Waals surface area contributed by atoms with Gasteiger partial charge in [-0.3, -0.25) is 9.89 Å². The van der Waals surface area contributed by atoms with Crippen molar-refractivity contribution in [3.8, 4) is 11.3 Å². The van der Waals surface area contributed by atoms with Crippen LogP contribution in [-0.4, -0.2) is 22.3 Å². The lowest BCUT2D eigenvalue weighted by molar-refractivity contribution is 0.0950. The average molecular weight is 397 g/mol. The van der Waals surface area contributed by atoms with Crippen LogP contribution in [0.3, 0.4) is 0 Å². The third-order valence-corrected chi connectivity index (χ3v) is 4.26. The molecule has 0 saturated heterocycles. The Morgan fingerprint density at radius 3 is 2.60 bits per heavy atom. The summed E-state index contributed by atoms with van der Waals surface area (Å²) in [5.41, 5.74) is 6.70. The molecule has 3 rings (SSSR count). The Morgan fingerprint density at radius 2 is 1.92 bits per heavy atom. The highest BCUT2D eigenvalue weighted by Gasteiger charge is 2.10. The number of aryl methyl sites for hydroxylation is 1. The molecular formula is C19H17BrN4O. The van der Waals surface area contributed by atoms with Gasteiger partial charge in [0.2, 0.25) is 0 Å². The summed E-state index contributed by atoms with van der Waals surface area (Å²) in [6.07, 6.45) is 2.58. The van der Waals surface area contributed by atoms with Gasteiger partial charge in [-0.2, -0.15) is 10.2 Å². The van der Waals surface area contributed by atoms with Gasteiger partial charge in [0.1, 0.15) is 5.69 Å². The molecule has 3 aromatic rings. The fourth-order valence-electron chi connectivity index (χ4n) is 2.27. The van der Waals surface area contributed by atoms with E-state index in [2.05, 4.69) is 55.7 Å². The molecule has 0 radical (unpaired) electrons. The molecule has 0 spiro atoms. The normalized spacial score (nSPS) is 11.0. The maximum atomic E-state index is 12.1. The van der Waals surface area contributed by atoms with Crippen LogP contribution >= 0.6 is 15.9 Å². The molecule has 5 nitrogen and oxygen atoms in total. The predicted molar refractivity (Wildman–Crippen MR) is 103 cm³/mol. The number of aromatic nitrogens is 2. The molecule has 25 heavy (non-hydrogen) atoms. The van der Waals surface area contributed by atoms with Crippen molar-refractivity contribution in [2.75, 3.05) is 0 Å². The van der Waals surface area contributed by atoms with Crippen LogP contribution < -0.4 is 5.43 Å². The van der Waals surface area contributed by atoms with Crippen molar-refractivity contribution < 1.29 is 4.79 Å². The fourth-order valence-corrected chi connectivity index (χ4v) is 2.54. The second kappa shape index (κ2) is 7.90. The molecule has 0 aliphatic carbocycles. The number of amides is 1. The summed E-state index contributed by atoms with van der Waals surface area (Å²) in [6.45, 7) is 2.11. The molecule has 0 atom stereocenters. The Kier molecular flexibility index (Phi) is 5.40. The van der Waals surface area contributed by atoms with Crippen LogP contribution in [0.4, 0.5) is 0 Å². The minimum atomic E-state index is -0.336. The maximum Gasteiger partial charge on any atom is 0.289 e. The molecule has 0 aliphatic heterocycles. The maximum absolute atomic E-state index is 12.1. The second-order valence-corrected chi connectivity index (χ2v) is 6.38. The van der Waals surface area contributed by atoms with Crippen molar-refractivity contribution in [1.29, 1.82) is 0 Å². The highest BCUT2D eigenvalue weighted by atomic mass is 79.9. The van der Waals surface area contributed by atoms with E-state index in [9.17, 15) is 4.79 Å². The summed E-state index contributed by atoms with van der Waals surface area (Å²) in [5, 5.41) is 10.9. The number of nitrogens with one attached hydrogen (secondary N) is 2. The van der Waals surface area contributed by atoms with Crippen molar-refractivity contribution >= 4 is 28.1 Å². The summed E-state index contributed by atoms with van der Waals surface area (Å²) in [7, 11) is 0. The molecular weight excluding hydrogens is 380 g/mol. The lowest BCUT2D eigenvalue weighted by Crippen LogP contribution is -2.17. The predicted octanol–water partition coefficient (Wildman–Crippen LogP) is 4.17. The Bertz CT molecular complexity index is 883. The smallest absolute Gasteiger partial charge is 0.272 e. The first-order valence-corrected chi connectivity index (χ1v) is 8.68. The van der Waals surface area contributed by atoms with E-state index in [0.717, 1.165) is 27.7 Å². The molecule has 0 aliphatic rings. The first kappa shape index (κ1) is 17.1. The Morgan fingerprint density at radius 1 is 1.20 bits per heavy atom. The van der Waals surface area contributed by atoms with E-state index in [0.29, 0.717) is 5.69 Å². The first-order valence-electron chi connectivity index (χ1n) is 7.89. The van der Waals surface area contributed by atoms with Crippen LogP contribution in [0.2, 0.25) is 0 Å². The van der Waals surface area contributed by atoms with E-state index in [1.807, 2.05) is 36.4 Å². The van der Waals surface area contributed by atoms with Gasteiger partial charge in [0.15, 0.2) is 0 Å². The zero-order chi connectivity index (χ0) is 17.6. The van der Waals surface area contributed by atoms with Gasteiger partial charge in [-0.1, -0.05) is 59.3 Å². The van der Waals surface area contributed by atoms with Crippen LogP contribution in [-0.2, 0) is 6.42 Å². The summed E-state index contributed by atoms with van der Waals surface area (Å²) in [5.74, 6) is -0.336. The zero-order valence-electron chi connectivity index (χ0n) is 13.7. The number of rotatable bonds is 5. The van der Waals surface area contributed by atoms with E-state index < -0.39 is 0 Å². The Labute approximate surface area is 154 Å². The number of carbonyl (C=O) groups excluding carboxylic acids is 1. The van der Waals surface area contributed by atoms with Gasteiger partial charge < -0.3 is 0 Å². The van der Waals surface area contributed by atoms with E-state index in [-0.39, 0.29) is 5.91 Å². The Balaban J connectivity index is 1.64. The monoisotopic (exact) mass is 396 g/mol. The number of hydrazone groups is 1. The molecule has 0 saturated carbocycles. The minimum Gasteiger partial charge on any atom is -0.272 e. The zero-order valence-corrected chi connectivity index (χ0v) is 15.2. The summed E-state index contributed by atoms with van der Waals surface area (Å²) in [6, 6.07) is 17.5. The average Bonchev–Trinajstić information content (AvgIpc) is 3.13. The van der Waals surface area contributed by atoms with Crippen LogP contribution in [0.15, 0.2) is 64.2 Å². The van der Waals surface area contributed by atoms with Gasteiger partial charge in [0, 0.05) is 10.0 Å². The molecule has 1 amide bonds. The van der Waals surface area contributed by atoms with Crippen LogP contribution in [0.5, 0.6) is 0 Å². The molecule has 2 aromatic carbocycles. The third-order valence-electron chi connectivity index (χ3n) is 3.73. The standard InChI is InChI=1S/C19H17BrN4O/c1-2-13-3-7-15(8-4-13)17-11-18(23-22-17)19(25)24-21-12-14-5-9-16(20)10-6-14/h3-12H,2H2,1H3,(H,22,23)(H,24,25)/b21-12+. The number of nitrogens with zero attached hydrogens (tertiary/aromatic N) is 2. The molecule has 0 fully saturated rings. The molecule has 126 valence electrons. The molecule has 1 aromatic heterocycles. The van der Waals surface area contributed by atoms with E-state index in [1.165, 1.54) is 5.56 Å². The third kappa shape index (κ3) is 4.42. The topological polar surface area (TPSA) is 70.1 Å². The van der Waals surface area contributed by atoms with Crippen molar-refractivity contribution in [2.45, 2.75) is 13.3 Å². The molecule has 0 unspecified atom stereocenters. The van der Waals surface area contributed by atoms with Gasteiger partial charge in [0.25, 0.3) is 5.91 Å². The Hall–Kier alpha value is -2.73. The van der Waals surface area contributed by atoms with Crippen LogP contribution in [0.1, 0.15) is 28.5 Å². The van der Waals surface area contributed by atoms with Gasteiger partial charge in [-0.05, 0) is 35.7 Å². The van der Waals surface area contributed by atoms with Crippen molar-refractivity contribution in [2.24, 2.45) is 5.10 Å². The molecule has 2 N–H and O–H groups in total. The molecule has 6 heteroatoms. The van der Waals surface area contributed by atoms with Crippen LogP contribution in [0.25, 0.3) is 11.3 Å². The lowest BCUT2D eigenvalue weighted by Gasteiger charge is -1.98.